The van der Waals surface area contributed by atoms with Crippen LogP contribution in [0.1, 0.15) is 0 Å². The lowest BCUT2D eigenvalue weighted by Crippen LogP contribution is -2.22. The molecule has 0 aliphatic rings. The fourth-order valence-corrected chi connectivity index (χ4v) is 2.00. The predicted molar refractivity (Wildman–Crippen MR) is 84.3 cm³/mol. The number of nitro benzene ring substituents is 1. The van der Waals surface area contributed by atoms with Crippen LogP contribution >= 0.6 is 15.9 Å². The van der Waals surface area contributed by atoms with Crippen molar-refractivity contribution in [3.8, 4) is 0 Å². The first kappa shape index (κ1) is 15.9. The first-order valence-corrected chi connectivity index (χ1v) is 6.98. The summed E-state index contributed by atoms with van der Waals surface area (Å²) < 4.78 is 14.1. The molecule has 0 aromatic heterocycles. The number of carbonyl (C=O) groups is 1. The number of anilines is 2. The predicted octanol–water partition coefficient (Wildman–Crippen LogP) is 3.55. The molecule has 0 saturated carbocycles. The summed E-state index contributed by atoms with van der Waals surface area (Å²) >= 11 is 3.13. The number of hydrogen-bond donors (Lipinski definition) is 2. The molecule has 114 valence electrons. The summed E-state index contributed by atoms with van der Waals surface area (Å²) in [6.07, 6.45) is 0. The summed E-state index contributed by atoms with van der Waals surface area (Å²) in [6.45, 7) is -0.0900. The second-order valence-electron chi connectivity index (χ2n) is 4.33. The van der Waals surface area contributed by atoms with Gasteiger partial charge in [0.25, 0.3) is 5.69 Å². The number of nitrogens with one attached hydrogen (secondary N) is 2. The molecule has 0 radical (unpaired) electrons. The van der Waals surface area contributed by atoms with Crippen molar-refractivity contribution in [2.45, 2.75) is 0 Å². The van der Waals surface area contributed by atoms with Crippen molar-refractivity contribution in [2.75, 3.05) is 17.2 Å². The quantitative estimate of drug-likeness (QED) is 0.625. The van der Waals surface area contributed by atoms with E-state index in [9.17, 15) is 19.3 Å². The van der Waals surface area contributed by atoms with Crippen LogP contribution in [0.15, 0.2) is 46.9 Å². The van der Waals surface area contributed by atoms with Gasteiger partial charge in [0.05, 0.1) is 17.2 Å². The molecule has 22 heavy (non-hydrogen) atoms. The zero-order valence-corrected chi connectivity index (χ0v) is 12.8. The van der Waals surface area contributed by atoms with Crippen molar-refractivity contribution in [3.63, 3.8) is 0 Å². The highest BCUT2D eigenvalue weighted by atomic mass is 79.9. The molecule has 0 fully saturated rings. The molecule has 2 rings (SSSR count). The van der Waals surface area contributed by atoms with Gasteiger partial charge in [0.1, 0.15) is 5.82 Å². The van der Waals surface area contributed by atoms with E-state index in [2.05, 4.69) is 26.6 Å². The summed E-state index contributed by atoms with van der Waals surface area (Å²) in [5.74, 6) is -0.974. The summed E-state index contributed by atoms with van der Waals surface area (Å²) in [5.41, 5.74) is 0.600. The fourth-order valence-electron chi connectivity index (χ4n) is 1.67. The lowest BCUT2D eigenvalue weighted by atomic mass is 10.3. The maximum Gasteiger partial charge on any atom is 0.269 e. The van der Waals surface area contributed by atoms with Crippen LogP contribution < -0.4 is 10.6 Å². The number of benzene rings is 2. The van der Waals surface area contributed by atoms with Crippen molar-refractivity contribution < 1.29 is 14.1 Å². The summed E-state index contributed by atoms with van der Waals surface area (Å²) in [7, 11) is 0. The van der Waals surface area contributed by atoms with Crippen LogP contribution in [0.3, 0.4) is 0 Å². The number of rotatable bonds is 5. The Balaban J connectivity index is 1.91. The maximum absolute atomic E-state index is 13.6. The number of nitro groups is 1. The summed E-state index contributed by atoms with van der Waals surface area (Å²) in [6, 6.07) is 9.95. The molecule has 0 unspecified atom stereocenters. The van der Waals surface area contributed by atoms with Gasteiger partial charge in [-0.2, -0.15) is 0 Å². The molecule has 6 nitrogen and oxygen atoms in total. The molecule has 0 saturated heterocycles. The number of nitrogens with zero attached hydrogens (tertiary/aromatic N) is 1. The standard InChI is InChI=1S/C14H11BrFN3O3/c15-9-1-6-13(12(16)7-9)18-14(20)8-17-10-2-4-11(5-3-10)19(21)22/h1-7,17H,8H2,(H,18,20). The van der Waals surface area contributed by atoms with E-state index in [1.54, 1.807) is 6.07 Å². The minimum atomic E-state index is -0.543. The van der Waals surface area contributed by atoms with Crippen LogP contribution in [-0.4, -0.2) is 17.4 Å². The van der Waals surface area contributed by atoms with Crippen LogP contribution in [-0.2, 0) is 4.79 Å². The zero-order chi connectivity index (χ0) is 16.1. The fraction of sp³-hybridized carbons (Fsp3) is 0.0714. The number of non-ortho nitro benzene ring substituents is 1. The van der Waals surface area contributed by atoms with Gasteiger partial charge in [-0.05, 0) is 30.3 Å². The molecule has 8 heteroatoms. The first-order chi connectivity index (χ1) is 10.5. The topological polar surface area (TPSA) is 84.3 Å². The monoisotopic (exact) mass is 367 g/mol. The second-order valence-corrected chi connectivity index (χ2v) is 5.25. The maximum atomic E-state index is 13.6. The molecule has 2 aromatic carbocycles. The average Bonchev–Trinajstić information content (AvgIpc) is 2.48. The van der Waals surface area contributed by atoms with Crippen molar-refractivity contribution >= 4 is 38.9 Å². The third kappa shape index (κ3) is 4.26. The van der Waals surface area contributed by atoms with Gasteiger partial charge < -0.3 is 10.6 Å². The molecular weight excluding hydrogens is 357 g/mol. The second kappa shape index (κ2) is 6.99. The molecule has 0 atom stereocenters. The van der Waals surface area contributed by atoms with E-state index in [-0.39, 0.29) is 17.9 Å². The van der Waals surface area contributed by atoms with Crippen LogP contribution in [0, 0.1) is 15.9 Å². The normalized spacial score (nSPS) is 10.1. The lowest BCUT2D eigenvalue weighted by molar-refractivity contribution is -0.384. The Morgan fingerprint density at radius 2 is 1.91 bits per heavy atom. The van der Waals surface area contributed by atoms with E-state index >= 15 is 0 Å². The Morgan fingerprint density at radius 3 is 2.50 bits per heavy atom. The van der Waals surface area contributed by atoms with Crippen molar-refractivity contribution in [1.29, 1.82) is 0 Å². The van der Waals surface area contributed by atoms with Crippen molar-refractivity contribution in [3.05, 3.63) is 62.9 Å². The number of halogens is 2. The molecular formula is C14H11BrFN3O3. The molecule has 0 spiro atoms. The summed E-state index contributed by atoms with van der Waals surface area (Å²) in [4.78, 5) is 21.8. The number of hydrogen-bond acceptors (Lipinski definition) is 4. The highest BCUT2D eigenvalue weighted by Gasteiger charge is 2.08. The molecule has 0 aliphatic carbocycles. The van der Waals surface area contributed by atoms with Gasteiger partial charge in [-0.3, -0.25) is 14.9 Å². The smallest absolute Gasteiger partial charge is 0.269 e. The van der Waals surface area contributed by atoms with Crippen LogP contribution in [0.25, 0.3) is 0 Å². The highest BCUT2D eigenvalue weighted by Crippen LogP contribution is 2.19. The molecule has 1 amide bonds. The van der Waals surface area contributed by atoms with E-state index in [0.717, 1.165) is 0 Å². The van der Waals surface area contributed by atoms with E-state index in [1.807, 2.05) is 0 Å². The Morgan fingerprint density at radius 1 is 1.23 bits per heavy atom. The van der Waals surface area contributed by atoms with Crippen molar-refractivity contribution in [1.82, 2.24) is 0 Å². The minimum Gasteiger partial charge on any atom is -0.376 e. The Bertz CT molecular complexity index is 707. The number of amides is 1. The molecule has 0 heterocycles. The van der Waals surface area contributed by atoms with Gasteiger partial charge in [0.15, 0.2) is 0 Å². The van der Waals surface area contributed by atoms with E-state index < -0.39 is 16.6 Å². The lowest BCUT2D eigenvalue weighted by Gasteiger charge is -2.08. The van der Waals surface area contributed by atoms with E-state index in [4.69, 9.17) is 0 Å². The molecule has 2 aromatic rings. The highest BCUT2D eigenvalue weighted by molar-refractivity contribution is 9.10. The number of carbonyl (C=O) groups excluding carboxylic acids is 1. The zero-order valence-electron chi connectivity index (χ0n) is 11.2. The van der Waals surface area contributed by atoms with Gasteiger partial charge in [-0.15, -0.1) is 0 Å². The van der Waals surface area contributed by atoms with Crippen LogP contribution in [0.2, 0.25) is 0 Å². The SMILES string of the molecule is O=C(CNc1ccc([N+](=O)[O-])cc1)Nc1ccc(Br)cc1F. The van der Waals surface area contributed by atoms with Gasteiger partial charge in [0, 0.05) is 22.3 Å². The molecule has 2 N–H and O–H groups in total. The van der Waals surface area contributed by atoms with Gasteiger partial charge >= 0.3 is 0 Å². The minimum absolute atomic E-state index is 0.0352. The van der Waals surface area contributed by atoms with Gasteiger partial charge in [0.2, 0.25) is 5.91 Å². The first-order valence-electron chi connectivity index (χ1n) is 6.19. The van der Waals surface area contributed by atoms with Crippen LogP contribution in [0.4, 0.5) is 21.5 Å². The largest absolute Gasteiger partial charge is 0.376 e. The summed E-state index contributed by atoms with van der Waals surface area (Å²) in [5, 5.41) is 15.7. The van der Waals surface area contributed by atoms with Crippen molar-refractivity contribution in [2.24, 2.45) is 0 Å². The molecule has 0 bridgehead atoms. The molecule has 0 aliphatic heterocycles. The average molecular weight is 368 g/mol. The van der Waals surface area contributed by atoms with Crippen LogP contribution in [0.5, 0.6) is 0 Å². The van der Waals surface area contributed by atoms with Gasteiger partial charge in [-0.25, -0.2) is 4.39 Å². The Hall–Kier alpha value is -2.48. The third-order valence-electron chi connectivity index (χ3n) is 2.74. The van der Waals surface area contributed by atoms with Gasteiger partial charge in [-0.1, -0.05) is 15.9 Å². The third-order valence-corrected chi connectivity index (χ3v) is 3.23. The van der Waals surface area contributed by atoms with E-state index in [0.29, 0.717) is 10.2 Å². The van der Waals surface area contributed by atoms with E-state index in [1.165, 1.54) is 36.4 Å². The Labute approximate surface area is 133 Å². The Kier molecular flexibility index (Phi) is 5.05.